The molecule has 0 saturated heterocycles. The summed E-state index contributed by atoms with van der Waals surface area (Å²) in [5.74, 6) is -0.992. The van der Waals surface area contributed by atoms with Crippen LogP contribution >= 0.6 is 0 Å². The third kappa shape index (κ3) is 4.51. The zero-order chi connectivity index (χ0) is 12.6. The van der Waals surface area contributed by atoms with E-state index in [4.69, 9.17) is 5.73 Å². The fourth-order valence-corrected chi connectivity index (χ4v) is 1.71. The van der Waals surface area contributed by atoms with E-state index in [-0.39, 0.29) is 0 Å². The molecule has 0 radical (unpaired) electrons. The Bertz CT molecular complexity index is 233. The lowest BCUT2D eigenvalue weighted by Gasteiger charge is -2.29. The van der Waals surface area contributed by atoms with Crippen molar-refractivity contribution >= 4 is 12.0 Å². The zero-order valence-corrected chi connectivity index (χ0v) is 10.1. The molecule has 94 valence electrons. The standard InChI is InChI=1S/C11H22N2O3/c1-3-5-7-11(9(14)15,8-6-4-2)13-10(12)16/h3-8H2,1-2H3,(H,14,15)(H3,12,13,16). The summed E-state index contributed by atoms with van der Waals surface area (Å²) in [6.07, 6.45) is 4.17. The van der Waals surface area contributed by atoms with E-state index in [1.165, 1.54) is 0 Å². The SMILES string of the molecule is CCCCC(CCCC)(NC(N)=O)C(=O)O. The van der Waals surface area contributed by atoms with E-state index in [2.05, 4.69) is 5.32 Å². The van der Waals surface area contributed by atoms with Gasteiger partial charge >= 0.3 is 12.0 Å². The van der Waals surface area contributed by atoms with Gasteiger partial charge in [-0.05, 0) is 12.8 Å². The molecule has 0 heterocycles. The number of rotatable bonds is 8. The molecular formula is C11H22N2O3. The second-order valence-corrected chi connectivity index (χ2v) is 4.08. The molecule has 2 amide bonds. The maximum Gasteiger partial charge on any atom is 0.329 e. The van der Waals surface area contributed by atoms with Crippen LogP contribution in [0.5, 0.6) is 0 Å². The van der Waals surface area contributed by atoms with Gasteiger partial charge in [0.25, 0.3) is 0 Å². The predicted octanol–water partition coefficient (Wildman–Crippen LogP) is 1.86. The van der Waals surface area contributed by atoms with E-state index < -0.39 is 17.5 Å². The first-order valence-corrected chi connectivity index (χ1v) is 5.79. The van der Waals surface area contributed by atoms with Crippen LogP contribution in [0.2, 0.25) is 0 Å². The number of unbranched alkanes of at least 4 members (excludes halogenated alkanes) is 2. The first-order chi connectivity index (χ1) is 7.48. The van der Waals surface area contributed by atoms with Crippen LogP contribution < -0.4 is 11.1 Å². The number of carboxylic acids is 1. The highest BCUT2D eigenvalue weighted by Gasteiger charge is 2.38. The predicted molar refractivity (Wildman–Crippen MR) is 62.1 cm³/mol. The molecule has 0 unspecified atom stereocenters. The number of hydrogen-bond acceptors (Lipinski definition) is 2. The van der Waals surface area contributed by atoms with Crippen molar-refractivity contribution in [2.75, 3.05) is 0 Å². The summed E-state index contributed by atoms with van der Waals surface area (Å²) >= 11 is 0. The summed E-state index contributed by atoms with van der Waals surface area (Å²) in [5.41, 5.74) is 3.86. The van der Waals surface area contributed by atoms with Crippen LogP contribution in [0.4, 0.5) is 4.79 Å². The Hall–Kier alpha value is -1.26. The van der Waals surface area contributed by atoms with Crippen LogP contribution in [0.3, 0.4) is 0 Å². The van der Waals surface area contributed by atoms with E-state index in [0.717, 1.165) is 25.7 Å². The summed E-state index contributed by atoms with van der Waals surface area (Å²) < 4.78 is 0. The van der Waals surface area contributed by atoms with Gasteiger partial charge < -0.3 is 16.2 Å². The molecule has 0 aromatic carbocycles. The van der Waals surface area contributed by atoms with Crippen LogP contribution in [0.1, 0.15) is 52.4 Å². The molecule has 5 heteroatoms. The third-order valence-electron chi connectivity index (χ3n) is 2.69. The van der Waals surface area contributed by atoms with E-state index >= 15 is 0 Å². The third-order valence-corrected chi connectivity index (χ3v) is 2.69. The minimum absolute atomic E-state index is 0.432. The number of primary amides is 1. The molecular weight excluding hydrogens is 208 g/mol. The van der Waals surface area contributed by atoms with Gasteiger partial charge in [-0.3, -0.25) is 0 Å². The number of urea groups is 1. The Labute approximate surface area is 96.4 Å². The molecule has 0 spiro atoms. The Balaban J connectivity index is 4.73. The molecule has 0 aliphatic heterocycles. The first kappa shape index (κ1) is 14.7. The molecule has 0 aliphatic rings. The minimum atomic E-state index is -1.18. The van der Waals surface area contributed by atoms with Crippen molar-refractivity contribution in [3.05, 3.63) is 0 Å². The molecule has 0 atom stereocenters. The number of carbonyl (C=O) groups excluding carboxylic acids is 1. The molecule has 16 heavy (non-hydrogen) atoms. The van der Waals surface area contributed by atoms with Gasteiger partial charge in [0.05, 0.1) is 0 Å². The van der Waals surface area contributed by atoms with Gasteiger partial charge in [0.15, 0.2) is 0 Å². The Kier molecular flexibility index (Phi) is 6.53. The fourth-order valence-electron chi connectivity index (χ4n) is 1.71. The number of nitrogens with one attached hydrogen (secondary N) is 1. The van der Waals surface area contributed by atoms with Crippen LogP contribution in [0.25, 0.3) is 0 Å². The smallest absolute Gasteiger partial charge is 0.329 e. The maximum atomic E-state index is 11.3. The van der Waals surface area contributed by atoms with Crippen molar-refractivity contribution in [3.8, 4) is 0 Å². The quantitative estimate of drug-likeness (QED) is 0.594. The molecule has 4 N–H and O–H groups in total. The largest absolute Gasteiger partial charge is 0.480 e. The van der Waals surface area contributed by atoms with Crippen molar-refractivity contribution in [2.45, 2.75) is 57.9 Å². The average Bonchev–Trinajstić information content (AvgIpc) is 2.21. The zero-order valence-electron chi connectivity index (χ0n) is 10.1. The normalized spacial score (nSPS) is 11.1. The van der Waals surface area contributed by atoms with Gasteiger partial charge in [-0.15, -0.1) is 0 Å². The molecule has 0 aromatic heterocycles. The lowest BCUT2D eigenvalue weighted by atomic mass is 9.87. The van der Waals surface area contributed by atoms with Crippen molar-refractivity contribution in [2.24, 2.45) is 5.73 Å². The summed E-state index contributed by atoms with van der Waals surface area (Å²) in [6, 6.07) is -0.769. The monoisotopic (exact) mass is 230 g/mol. The minimum Gasteiger partial charge on any atom is -0.480 e. The number of aliphatic carboxylic acids is 1. The van der Waals surface area contributed by atoms with Gasteiger partial charge in [-0.1, -0.05) is 39.5 Å². The van der Waals surface area contributed by atoms with E-state index in [9.17, 15) is 14.7 Å². The van der Waals surface area contributed by atoms with Gasteiger partial charge in [-0.25, -0.2) is 9.59 Å². The van der Waals surface area contributed by atoms with Crippen LogP contribution in [0.15, 0.2) is 0 Å². The molecule has 0 rings (SSSR count). The van der Waals surface area contributed by atoms with Crippen molar-refractivity contribution in [1.82, 2.24) is 5.32 Å². The topological polar surface area (TPSA) is 92.4 Å². The maximum absolute atomic E-state index is 11.3. The van der Waals surface area contributed by atoms with Crippen molar-refractivity contribution < 1.29 is 14.7 Å². The number of nitrogens with two attached hydrogens (primary N) is 1. The number of carbonyl (C=O) groups is 2. The van der Waals surface area contributed by atoms with Gasteiger partial charge in [-0.2, -0.15) is 0 Å². The second kappa shape index (κ2) is 7.09. The van der Waals surface area contributed by atoms with Gasteiger partial charge in [0.1, 0.15) is 5.54 Å². The summed E-state index contributed by atoms with van der Waals surface area (Å²) in [6.45, 7) is 3.97. The molecule has 0 aliphatic carbocycles. The van der Waals surface area contributed by atoms with E-state index in [1.54, 1.807) is 0 Å². The molecule has 0 saturated carbocycles. The highest BCUT2D eigenvalue weighted by molar-refractivity contribution is 5.85. The molecule has 0 bridgehead atoms. The second-order valence-electron chi connectivity index (χ2n) is 4.08. The summed E-state index contributed by atoms with van der Waals surface area (Å²) in [5, 5.41) is 11.7. The van der Waals surface area contributed by atoms with Crippen LogP contribution in [0, 0.1) is 0 Å². The first-order valence-electron chi connectivity index (χ1n) is 5.79. The van der Waals surface area contributed by atoms with Crippen molar-refractivity contribution in [3.63, 3.8) is 0 Å². The Morgan fingerprint density at radius 1 is 1.19 bits per heavy atom. The Morgan fingerprint density at radius 3 is 1.88 bits per heavy atom. The molecule has 0 fully saturated rings. The summed E-state index contributed by atoms with van der Waals surface area (Å²) in [4.78, 5) is 22.2. The molecule has 5 nitrogen and oxygen atoms in total. The van der Waals surface area contributed by atoms with E-state index in [0.29, 0.717) is 12.8 Å². The van der Waals surface area contributed by atoms with Crippen molar-refractivity contribution in [1.29, 1.82) is 0 Å². The number of amides is 2. The summed E-state index contributed by atoms with van der Waals surface area (Å²) in [7, 11) is 0. The number of carboxylic acid groups (broad SMARTS) is 1. The lowest BCUT2D eigenvalue weighted by Crippen LogP contribution is -2.56. The van der Waals surface area contributed by atoms with Gasteiger partial charge in [0.2, 0.25) is 0 Å². The highest BCUT2D eigenvalue weighted by atomic mass is 16.4. The van der Waals surface area contributed by atoms with Crippen LogP contribution in [-0.2, 0) is 4.79 Å². The van der Waals surface area contributed by atoms with Crippen LogP contribution in [-0.4, -0.2) is 22.6 Å². The number of hydrogen-bond donors (Lipinski definition) is 3. The molecule has 0 aromatic rings. The lowest BCUT2D eigenvalue weighted by molar-refractivity contribution is -0.145. The Morgan fingerprint density at radius 2 is 1.62 bits per heavy atom. The fraction of sp³-hybridized carbons (Fsp3) is 0.818. The van der Waals surface area contributed by atoms with Gasteiger partial charge in [0, 0.05) is 0 Å². The van der Waals surface area contributed by atoms with E-state index in [1.807, 2.05) is 13.8 Å². The highest BCUT2D eigenvalue weighted by Crippen LogP contribution is 2.22. The average molecular weight is 230 g/mol.